The van der Waals surface area contributed by atoms with Gasteiger partial charge in [0.1, 0.15) is 5.84 Å². The summed E-state index contributed by atoms with van der Waals surface area (Å²) < 4.78 is 0. The van der Waals surface area contributed by atoms with Crippen LogP contribution in [-0.4, -0.2) is 35.1 Å². The zero-order chi connectivity index (χ0) is 11.4. The molecule has 0 aromatic rings. The lowest BCUT2D eigenvalue weighted by molar-refractivity contribution is 0.0632. The van der Waals surface area contributed by atoms with E-state index in [4.69, 9.17) is 10.9 Å². The molecule has 1 aliphatic carbocycles. The van der Waals surface area contributed by atoms with E-state index in [0.29, 0.717) is 12.3 Å². The highest BCUT2D eigenvalue weighted by atomic mass is 16.4. The van der Waals surface area contributed by atoms with Crippen LogP contribution in [-0.2, 0) is 0 Å². The summed E-state index contributed by atoms with van der Waals surface area (Å²) in [5.74, 6) is 1.27. The third-order valence-electron chi connectivity index (χ3n) is 4.14. The first kappa shape index (κ1) is 11.7. The first-order valence-electron chi connectivity index (χ1n) is 6.51. The Morgan fingerprint density at radius 3 is 2.81 bits per heavy atom. The smallest absolute Gasteiger partial charge is 0.140 e. The maximum Gasteiger partial charge on any atom is 0.140 e. The van der Waals surface area contributed by atoms with Crippen molar-refractivity contribution in [3.63, 3.8) is 0 Å². The van der Waals surface area contributed by atoms with Crippen LogP contribution in [0.4, 0.5) is 0 Å². The lowest BCUT2D eigenvalue weighted by Gasteiger charge is -2.44. The van der Waals surface area contributed by atoms with Crippen molar-refractivity contribution in [1.29, 1.82) is 0 Å². The van der Waals surface area contributed by atoms with Crippen LogP contribution in [0.1, 0.15) is 44.9 Å². The Kier molecular flexibility index (Phi) is 4.04. The predicted octanol–water partition coefficient (Wildman–Crippen LogP) is 1.78. The number of hydrogen-bond donors (Lipinski definition) is 2. The van der Waals surface area contributed by atoms with Crippen molar-refractivity contribution in [3.05, 3.63) is 0 Å². The molecule has 3 N–H and O–H groups in total. The van der Waals surface area contributed by atoms with Gasteiger partial charge in [0.2, 0.25) is 0 Å². The molecule has 2 fully saturated rings. The first-order chi connectivity index (χ1) is 7.81. The van der Waals surface area contributed by atoms with E-state index < -0.39 is 0 Å². The summed E-state index contributed by atoms with van der Waals surface area (Å²) in [4.78, 5) is 2.56. The minimum absolute atomic E-state index is 0.359. The number of oxime groups is 1. The summed E-state index contributed by atoms with van der Waals surface area (Å²) in [7, 11) is 0. The van der Waals surface area contributed by atoms with Gasteiger partial charge in [-0.3, -0.25) is 4.90 Å². The van der Waals surface area contributed by atoms with E-state index in [-0.39, 0.29) is 0 Å². The maximum absolute atomic E-state index is 8.54. The molecule has 2 rings (SSSR count). The van der Waals surface area contributed by atoms with Gasteiger partial charge >= 0.3 is 0 Å². The Morgan fingerprint density at radius 2 is 2.00 bits per heavy atom. The van der Waals surface area contributed by atoms with Gasteiger partial charge in [-0.1, -0.05) is 18.0 Å². The molecule has 2 atom stereocenters. The third-order valence-corrected chi connectivity index (χ3v) is 4.14. The van der Waals surface area contributed by atoms with Crippen LogP contribution in [0.25, 0.3) is 0 Å². The predicted molar refractivity (Wildman–Crippen MR) is 64.6 cm³/mol. The van der Waals surface area contributed by atoms with Crippen LogP contribution in [0.3, 0.4) is 0 Å². The van der Waals surface area contributed by atoms with Crippen LogP contribution >= 0.6 is 0 Å². The number of nitrogens with zero attached hydrogens (tertiary/aromatic N) is 2. The lowest BCUT2D eigenvalue weighted by atomic mass is 9.78. The van der Waals surface area contributed by atoms with E-state index in [9.17, 15) is 0 Å². The molecule has 1 aliphatic heterocycles. The highest BCUT2D eigenvalue weighted by Gasteiger charge is 2.32. The quantitative estimate of drug-likeness (QED) is 0.333. The van der Waals surface area contributed by atoms with Crippen LogP contribution in [0.2, 0.25) is 0 Å². The Morgan fingerprint density at radius 1 is 1.25 bits per heavy atom. The van der Waals surface area contributed by atoms with Gasteiger partial charge in [0.25, 0.3) is 0 Å². The second-order valence-electron chi connectivity index (χ2n) is 5.13. The Labute approximate surface area is 97.5 Å². The molecule has 1 saturated heterocycles. The second kappa shape index (κ2) is 5.53. The van der Waals surface area contributed by atoms with Crippen molar-refractivity contribution in [2.45, 2.75) is 51.0 Å². The molecule has 0 radical (unpaired) electrons. The summed E-state index contributed by atoms with van der Waals surface area (Å²) in [5.41, 5.74) is 5.53. The van der Waals surface area contributed by atoms with Crippen molar-refractivity contribution in [1.82, 2.24) is 4.90 Å². The van der Waals surface area contributed by atoms with Gasteiger partial charge < -0.3 is 10.9 Å². The van der Waals surface area contributed by atoms with Crippen LogP contribution in [0.5, 0.6) is 0 Å². The summed E-state index contributed by atoms with van der Waals surface area (Å²) in [6.45, 7) is 2.15. The van der Waals surface area contributed by atoms with Gasteiger partial charge in [0.15, 0.2) is 0 Å². The fraction of sp³-hybridized carbons (Fsp3) is 0.917. The van der Waals surface area contributed by atoms with Gasteiger partial charge in [0.05, 0.1) is 0 Å². The molecule has 2 unspecified atom stereocenters. The van der Waals surface area contributed by atoms with Gasteiger partial charge in [-0.25, -0.2) is 0 Å². The van der Waals surface area contributed by atoms with Crippen LogP contribution < -0.4 is 5.73 Å². The summed E-state index contributed by atoms with van der Waals surface area (Å²) in [6.07, 6.45) is 8.96. The monoisotopic (exact) mass is 225 g/mol. The molecule has 92 valence electrons. The molecular weight excluding hydrogens is 202 g/mol. The molecule has 2 aliphatic rings. The number of hydrogen-bond acceptors (Lipinski definition) is 3. The molecule has 0 aromatic heterocycles. The molecule has 1 saturated carbocycles. The fourth-order valence-electron chi connectivity index (χ4n) is 3.31. The number of amidine groups is 1. The van der Waals surface area contributed by atoms with Gasteiger partial charge in [-0.05, 0) is 38.1 Å². The van der Waals surface area contributed by atoms with Crippen molar-refractivity contribution < 1.29 is 5.21 Å². The average Bonchev–Trinajstić information content (AvgIpc) is 2.35. The van der Waals surface area contributed by atoms with E-state index in [0.717, 1.165) is 18.5 Å². The molecule has 1 heterocycles. The van der Waals surface area contributed by atoms with Crippen molar-refractivity contribution >= 4 is 5.84 Å². The topological polar surface area (TPSA) is 61.8 Å². The highest BCUT2D eigenvalue weighted by molar-refractivity contribution is 5.79. The molecule has 0 aromatic carbocycles. The SMILES string of the molecule is N/C(CCN1CCCC2CCCCC21)=N\O. The molecular formula is C12H23N3O. The number of fused-ring (bicyclic) bond motifs is 1. The Hall–Kier alpha value is -0.770. The summed E-state index contributed by atoms with van der Waals surface area (Å²) in [5, 5.41) is 11.6. The maximum atomic E-state index is 8.54. The van der Waals surface area contributed by atoms with E-state index in [1.165, 1.54) is 45.1 Å². The molecule has 16 heavy (non-hydrogen) atoms. The zero-order valence-electron chi connectivity index (χ0n) is 9.94. The van der Waals surface area contributed by atoms with Crippen LogP contribution in [0.15, 0.2) is 5.16 Å². The highest BCUT2D eigenvalue weighted by Crippen LogP contribution is 2.35. The molecule has 0 amide bonds. The van der Waals surface area contributed by atoms with Gasteiger partial charge in [-0.15, -0.1) is 0 Å². The van der Waals surface area contributed by atoms with E-state index in [1.54, 1.807) is 0 Å². The molecule has 0 bridgehead atoms. The number of piperidine rings is 1. The number of nitrogens with two attached hydrogens (primary N) is 1. The van der Waals surface area contributed by atoms with Crippen LogP contribution in [0, 0.1) is 5.92 Å². The normalized spacial score (nSPS) is 32.4. The van der Waals surface area contributed by atoms with E-state index >= 15 is 0 Å². The molecule has 4 nitrogen and oxygen atoms in total. The van der Waals surface area contributed by atoms with Gasteiger partial charge in [0, 0.05) is 19.0 Å². The Bertz CT molecular complexity index is 253. The number of likely N-dealkylation sites (tertiary alicyclic amines) is 1. The van der Waals surface area contributed by atoms with Crippen molar-refractivity contribution in [2.24, 2.45) is 16.8 Å². The van der Waals surface area contributed by atoms with E-state index in [2.05, 4.69) is 10.1 Å². The second-order valence-corrected chi connectivity index (χ2v) is 5.13. The van der Waals surface area contributed by atoms with E-state index in [1.807, 2.05) is 0 Å². The van der Waals surface area contributed by atoms with Crippen molar-refractivity contribution in [3.8, 4) is 0 Å². The third kappa shape index (κ3) is 2.67. The summed E-state index contributed by atoms with van der Waals surface area (Å²) >= 11 is 0. The first-order valence-corrected chi connectivity index (χ1v) is 6.51. The summed E-state index contributed by atoms with van der Waals surface area (Å²) in [6, 6.07) is 0.772. The minimum Gasteiger partial charge on any atom is -0.409 e. The lowest BCUT2D eigenvalue weighted by Crippen LogP contribution is -2.47. The number of rotatable bonds is 3. The molecule has 4 heteroatoms. The standard InChI is InChI=1S/C12H23N3O/c13-12(14-16)7-9-15-8-3-5-10-4-1-2-6-11(10)15/h10-11,16H,1-9H2,(H2,13,14). The zero-order valence-corrected chi connectivity index (χ0v) is 9.94. The molecule has 0 spiro atoms. The fourth-order valence-corrected chi connectivity index (χ4v) is 3.31. The average molecular weight is 225 g/mol. The Balaban J connectivity index is 1.87. The minimum atomic E-state index is 0.359. The van der Waals surface area contributed by atoms with Crippen molar-refractivity contribution in [2.75, 3.05) is 13.1 Å². The largest absolute Gasteiger partial charge is 0.409 e. The van der Waals surface area contributed by atoms with Gasteiger partial charge in [-0.2, -0.15) is 0 Å².